The second-order valence-corrected chi connectivity index (χ2v) is 6.45. The normalized spacial score (nSPS) is 11.5. The Morgan fingerprint density at radius 2 is 1.77 bits per heavy atom. The molecular formula is C21H26N2O3. The maximum absolute atomic E-state index is 12.4. The Kier molecular flexibility index (Phi) is 6.78. The van der Waals surface area contributed by atoms with Crippen LogP contribution in [0.25, 0.3) is 0 Å². The van der Waals surface area contributed by atoms with Crippen molar-refractivity contribution >= 4 is 11.8 Å². The minimum absolute atomic E-state index is 0.121. The molecule has 138 valence electrons. The Labute approximate surface area is 154 Å². The maximum Gasteiger partial charge on any atom is 0.222 e. The number of carbonyl (C=O) groups excluding carboxylic acids is 2. The Balaban J connectivity index is 2.00. The highest BCUT2D eigenvalue weighted by Crippen LogP contribution is 2.20. The Hall–Kier alpha value is -2.82. The third kappa shape index (κ3) is 5.62. The lowest BCUT2D eigenvalue weighted by Crippen LogP contribution is -2.32. The summed E-state index contributed by atoms with van der Waals surface area (Å²) in [5.41, 5.74) is 4.06. The van der Waals surface area contributed by atoms with E-state index in [0.717, 1.165) is 28.0 Å². The van der Waals surface area contributed by atoms with Crippen LogP contribution < -0.4 is 15.4 Å². The van der Waals surface area contributed by atoms with Gasteiger partial charge in [-0.15, -0.1) is 0 Å². The van der Waals surface area contributed by atoms with Crippen LogP contribution in [0.3, 0.4) is 0 Å². The molecule has 2 rings (SSSR count). The summed E-state index contributed by atoms with van der Waals surface area (Å²) in [6, 6.07) is 13.3. The van der Waals surface area contributed by atoms with Gasteiger partial charge in [0.2, 0.25) is 11.8 Å². The minimum atomic E-state index is -0.347. The van der Waals surface area contributed by atoms with Crippen molar-refractivity contribution in [3.05, 3.63) is 64.7 Å². The van der Waals surface area contributed by atoms with Crippen molar-refractivity contribution in [2.75, 3.05) is 7.11 Å². The van der Waals surface area contributed by atoms with Crippen LogP contribution in [-0.2, 0) is 16.1 Å². The molecule has 0 aliphatic carbocycles. The fourth-order valence-electron chi connectivity index (χ4n) is 2.73. The fraction of sp³-hybridized carbons (Fsp3) is 0.333. The van der Waals surface area contributed by atoms with E-state index in [2.05, 4.69) is 10.6 Å². The highest BCUT2D eigenvalue weighted by atomic mass is 16.5. The number of ether oxygens (including phenoxy) is 1. The SMILES string of the molecule is COc1cc(CNC(=O)CC(NC(C)=O)c2ccc(C)cc2)ccc1C. The average molecular weight is 354 g/mol. The topological polar surface area (TPSA) is 67.4 Å². The van der Waals surface area contributed by atoms with Crippen LogP contribution >= 0.6 is 0 Å². The second kappa shape index (κ2) is 9.04. The van der Waals surface area contributed by atoms with Crippen LogP contribution in [0, 0.1) is 13.8 Å². The van der Waals surface area contributed by atoms with E-state index in [1.165, 1.54) is 6.92 Å². The van der Waals surface area contributed by atoms with Crippen molar-refractivity contribution in [3.8, 4) is 5.75 Å². The number of rotatable bonds is 7. The molecule has 5 nitrogen and oxygen atoms in total. The molecule has 0 aliphatic heterocycles. The molecule has 0 spiro atoms. The van der Waals surface area contributed by atoms with Crippen molar-refractivity contribution in [1.29, 1.82) is 0 Å². The standard InChI is InChI=1S/C21H26N2O3/c1-14-5-9-18(10-6-14)19(23-16(3)24)12-21(25)22-13-17-8-7-15(2)20(11-17)26-4/h5-11,19H,12-13H2,1-4H3,(H,22,25)(H,23,24). The first-order valence-electron chi connectivity index (χ1n) is 8.63. The third-order valence-electron chi connectivity index (χ3n) is 4.21. The quantitative estimate of drug-likeness (QED) is 0.802. The van der Waals surface area contributed by atoms with E-state index in [4.69, 9.17) is 4.74 Å². The van der Waals surface area contributed by atoms with Crippen molar-refractivity contribution < 1.29 is 14.3 Å². The average Bonchev–Trinajstić information content (AvgIpc) is 2.60. The van der Waals surface area contributed by atoms with Crippen LogP contribution in [0.4, 0.5) is 0 Å². The lowest BCUT2D eigenvalue weighted by molar-refractivity contribution is -0.122. The number of hydrogen-bond acceptors (Lipinski definition) is 3. The van der Waals surface area contributed by atoms with Crippen molar-refractivity contribution in [1.82, 2.24) is 10.6 Å². The summed E-state index contributed by atoms with van der Waals surface area (Å²) in [5, 5.41) is 5.76. The maximum atomic E-state index is 12.4. The highest BCUT2D eigenvalue weighted by molar-refractivity contribution is 5.79. The van der Waals surface area contributed by atoms with Gasteiger partial charge < -0.3 is 15.4 Å². The lowest BCUT2D eigenvalue weighted by Gasteiger charge is -2.18. The first-order valence-corrected chi connectivity index (χ1v) is 8.63. The van der Waals surface area contributed by atoms with Gasteiger partial charge in [-0.2, -0.15) is 0 Å². The third-order valence-corrected chi connectivity index (χ3v) is 4.21. The van der Waals surface area contributed by atoms with E-state index in [1.54, 1.807) is 7.11 Å². The van der Waals surface area contributed by atoms with Crippen molar-refractivity contribution in [2.45, 2.75) is 39.8 Å². The molecule has 2 amide bonds. The first kappa shape index (κ1) is 19.5. The molecule has 1 atom stereocenters. The zero-order chi connectivity index (χ0) is 19.1. The smallest absolute Gasteiger partial charge is 0.222 e. The summed E-state index contributed by atoms with van der Waals surface area (Å²) >= 11 is 0. The van der Waals surface area contributed by atoms with Crippen LogP contribution in [-0.4, -0.2) is 18.9 Å². The van der Waals surface area contributed by atoms with E-state index in [1.807, 2.05) is 56.3 Å². The number of nitrogens with one attached hydrogen (secondary N) is 2. The number of amides is 2. The summed E-state index contributed by atoms with van der Waals surface area (Å²) in [5.74, 6) is 0.517. The first-order chi connectivity index (χ1) is 12.4. The molecule has 2 N–H and O–H groups in total. The Bertz CT molecular complexity index is 769. The van der Waals surface area contributed by atoms with Crippen LogP contribution in [0.15, 0.2) is 42.5 Å². The van der Waals surface area contributed by atoms with Gasteiger partial charge in [-0.25, -0.2) is 0 Å². The number of benzene rings is 2. The summed E-state index contributed by atoms with van der Waals surface area (Å²) < 4.78 is 5.31. The van der Waals surface area contributed by atoms with Gasteiger partial charge in [-0.1, -0.05) is 42.0 Å². The van der Waals surface area contributed by atoms with Gasteiger partial charge in [-0.3, -0.25) is 9.59 Å². The van der Waals surface area contributed by atoms with Gasteiger partial charge in [0.1, 0.15) is 5.75 Å². The van der Waals surface area contributed by atoms with Crippen molar-refractivity contribution in [3.63, 3.8) is 0 Å². The van der Waals surface area contributed by atoms with E-state index in [0.29, 0.717) is 6.54 Å². The van der Waals surface area contributed by atoms with E-state index < -0.39 is 0 Å². The molecule has 2 aromatic rings. The summed E-state index contributed by atoms with van der Waals surface area (Å²) in [6.07, 6.45) is 0.186. The fourth-order valence-corrected chi connectivity index (χ4v) is 2.73. The minimum Gasteiger partial charge on any atom is -0.496 e. The van der Waals surface area contributed by atoms with Gasteiger partial charge in [0, 0.05) is 13.5 Å². The van der Waals surface area contributed by atoms with Gasteiger partial charge in [0.05, 0.1) is 19.6 Å². The van der Waals surface area contributed by atoms with Gasteiger partial charge in [0.15, 0.2) is 0 Å². The van der Waals surface area contributed by atoms with Crippen LogP contribution in [0.1, 0.15) is 41.6 Å². The molecule has 26 heavy (non-hydrogen) atoms. The zero-order valence-electron chi connectivity index (χ0n) is 15.8. The van der Waals surface area contributed by atoms with E-state index in [9.17, 15) is 9.59 Å². The molecule has 0 heterocycles. The van der Waals surface area contributed by atoms with Crippen molar-refractivity contribution in [2.24, 2.45) is 0 Å². The largest absolute Gasteiger partial charge is 0.496 e. The summed E-state index contributed by atoms with van der Waals surface area (Å²) in [6.45, 7) is 5.84. The molecule has 5 heteroatoms. The van der Waals surface area contributed by atoms with Gasteiger partial charge in [-0.05, 0) is 36.6 Å². The molecule has 0 bridgehead atoms. The number of carbonyl (C=O) groups is 2. The zero-order valence-corrected chi connectivity index (χ0v) is 15.8. The number of hydrogen-bond donors (Lipinski definition) is 2. The Morgan fingerprint density at radius 3 is 2.38 bits per heavy atom. The summed E-state index contributed by atoms with van der Waals surface area (Å²) in [4.78, 5) is 23.9. The molecular weight excluding hydrogens is 328 g/mol. The predicted octanol–water partition coefficient (Wildman–Crippen LogP) is 3.20. The number of methoxy groups -OCH3 is 1. The molecule has 2 aromatic carbocycles. The highest BCUT2D eigenvalue weighted by Gasteiger charge is 2.17. The molecule has 0 fully saturated rings. The molecule has 0 aliphatic rings. The lowest BCUT2D eigenvalue weighted by atomic mass is 10.0. The molecule has 0 aromatic heterocycles. The molecule has 0 saturated carbocycles. The monoisotopic (exact) mass is 354 g/mol. The molecule has 0 radical (unpaired) electrons. The van der Waals surface area contributed by atoms with E-state index in [-0.39, 0.29) is 24.3 Å². The predicted molar refractivity (Wildman–Crippen MR) is 102 cm³/mol. The summed E-state index contributed by atoms with van der Waals surface area (Å²) in [7, 11) is 1.63. The second-order valence-electron chi connectivity index (χ2n) is 6.45. The van der Waals surface area contributed by atoms with Gasteiger partial charge >= 0.3 is 0 Å². The van der Waals surface area contributed by atoms with E-state index >= 15 is 0 Å². The molecule has 0 saturated heterocycles. The molecule has 1 unspecified atom stereocenters. The van der Waals surface area contributed by atoms with Gasteiger partial charge in [0.25, 0.3) is 0 Å². The van der Waals surface area contributed by atoms with Crippen LogP contribution in [0.2, 0.25) is 0 Å². The number of aryl methyl sites for hydroxylation is 2. The van der Waals surface area contributed by atoms with Crippen LogP contribution in [0.5, 0.6) is 5.75 Å². The Morgan fingerprint density at radius 1 is 1.08 bits per heavy atom.